The molecule has 5 heteroatoms. The highest BCUT2D eigenvalue weighted by Crippen LogP contribution is 2.24. The third kappa shape index (κ3) is 4.22. The summed E-state index contributed by atoms with van der Waals surface area (Å²) >= 11 is 0. The number of rotatable bonds is 6. The summed E-state index contributed by atoms with van der Waals surface area (Å²) in [6.45, 7) is 4.01. The Labute approximate surface area is 128 Å². The zero-order valence-corrected chi connectivity index (χ0v) is 12.5. The Balaban J connectivity index is 2.01. The Hall–Kier alpha value is -2.56. The van der Waals surface area contributed by atoms with Gasteiger partial charge in [0.05, 0.1) is 12.3 Å². The molecule has 0 aliphatic heterocycles. The lowest BCUT2D eigenvalue weighted by molar-refractivity contribution is -0.122. The number of hydrogen-bond donors (Lipinski definition) is 1. The van der Waals surface area contributed by atoms with Crippen LogP contribution in [0.25, 0.3) is 0 Å². The van der Waals surface area contributed by atoms with E-state index in [0.717, 1.165) is 0 Å². The fourth-order valence-corrected chi connectivity index (χ4v) is 1.86. The molecule has 0 heterocycles. The van der Waals surface area contributed by atoms with Gasteiger partial charge in [-0.3, -0.25) is 4.79 Å². The molecule has 0 saturated heterocycles. The van der Waals surface area contributed by atoms with E-state index in [4.69, 9.17) is 9.47 Å². The highest BCUT2D eigenvalue weighted by Gasteiger charge is 2.16. The number of carbonyl (C=O) groups is 1. The van der Waals surface area contributed by atoms with Gasteiger partial charge in [-0.2, -0.15) is 0 Å². The van der Waals surface area contributed by atoms with Crippen LogP contribution < -0.4 is 14.8 Å². The number of benzene rings is 2. The lowest BCUT2D eigenvalue weighted by Gasteiger charge is -2.16. The standard InChI is InChI=1S/C17H18FNO3/c1-3-21-16-7-5-4-6-15(16)19-17(20)12(2)22-14-10-8-13(18)9-11-14/h4-12H,3H2,1-2H3,(H,19,20)/t12-/m0/s1. The summed E-state index contributed by atoms with van der Waals surface area (Å²) in [5.74, 6) is 0.376. The van der Waals surface area contributed by atoms with Crippen LogP contribution in [0.3, 0.4) is 0 Å². The van der Waals surface area contributed by atoms with Crippen molar-refractivity contribution < 1.29 is 18.7 Å². The molecule has 0 bridgehead atoms. The molecule has 0 radical (unpaired) electrons. The SMILES string of the molecule is CCOc1ccccc1NC(=O)[C@H](C)Oc1ccc(F)cc1. The number of carbonyl (C=O) groups excluding carboxylic acids is 1. The summed E-state index contributed by atoms with van der Waals surface area (Å²) in [4.78, 5) is 12.2. The highest BCUT2D eigenvalue weighted by atomic mass is 19.1. The number of halogens is 1. The third-order valence-corrected chi connectivity index (χ3v) is 2.94. The summed E-state index contributed by atoms with van der Waals surface area (Å²) in [7, 11) is 0. The van der Waals surface area contributed by atoms with Gasteiger partial charge in [-0.25, -0.2) is 4.39 Å². The maximum Gasteiger partial charge on any atom is 0.265 e. The summed E-state index contributed by atoms with van der Waals surface area (Å²) in [6, 6.07) is 12.7. The van der Waals surface area contributed by atoms with Crippen molar-refractivity contribution in [2.45, 2.75) is 20.0 Å². The number of hydrogen-bond acceptors (Lipinski definition) is 3. The molecule has 22 heavy (non-hydrogen) atoms. The number of anilines is 1. The first-order chi connectivity index (χ1) is 10.6. The van der Waals surface area contributed by atoms with Crippen LogP contribution in [0.1, 0.15) is 13.8 Å². The molecule has 0 saturated carbocycles. The van der Waals surface area contributed by atoms with Crippen molar-refractivity contribution in [1.82, 2.24) is 0 Å². The second-order valence-electron chi connectivity index (χ2n) is 4.63. The van der Waals surface area contributed by atoms with Crippen molar-refractivity contribution in [3.63, 3.8) is 0 Å². The van der Waals surface area contributed by atoms with E-state index in [1.165, 1.54) is 24.3 Å². The molecule has 1 atom stereocenters. The molecule has 0 spiro atoms. The number of amides is 1. The largest absolute Gasteiger partial charge is 0.492 e. The normalized spacial score (nSPS) is 11.6. The number of nitrogens with one attached hydrogen (secondary N) is 1. The fourth-order valence-electron chi connectivity index (χ4n) is 1.86. The average molecular weight is 303 g/mol. The second-order valence-corrected chi connectivity index (χ2v) is 4.63. The first-order valence-electron chi connectivity index (χ1n) is 7.05. The Morgan fingerprint density at radius 1 is 1.18 bits per heavy atom. The predicted molar refractivity (Wildman–Crippen MR) is 82.7 cm³/mol. The molecule has 0 unspecified atom stereocenters. The summed E-state index contributed by atoms with van der Waals surface area (Å²) in [5, 5.41) is 2.76. The predicted octanol–water partition coefficient (Wildman–Crippen LogP) is 3.63. The molecule has 0 aliphatic carbocycles. The van der Waals surface area contributed by atoms with Gasteiger partial charge in [0.2, 0.25) is 0 Å². The van der Waals surface area contributed by atoms with E-state index >= 15 is 0 Å². The molecule has 0 fully saturated rings. The van der Waals surface area contributed by atoms with E-state index in [9.17, 15) is 9.18 Å². The molecule has 2 rings (SSSR count). The van der Waals surface area contributed by atoms with Gasteiger partial charge in [0.1, 0.15) is 17.3 Å². The molecule has 4 nitrogen and oxygen atoms in total. The van der Waals surface area contributed by atoms with Crippen LogP contribution in [-0.2, 0) is 4.79 Å². The van der Waals surface area contributed by atoms with Gasteiger partial charge in [0.15, 0.2) is 6.10 Å². The minimum atomic E-state index is -0.722. The van der Waals surface area contributed by atoms with Crippen molar-refractivity contribution in [1.29, 1.82) is 0 Å². The van der Waals surface area contributed by atoms with Crippen LogP contribution >= 0.6 is 0 Å². The molecule has 1 N–H and O–H groups in total. The van der Waals surface area contributed by atoms with Gasteiger partial charge in [0, 0.05) is 0 Å². The second kappa shape index (κ2) is 7.45. The van der Waals surface area contributed by atoms with Crippen LogP contribution in [0.15, 0.2) is 48.5 Å². The topological polar surface area (TPSA) is 47.6 Å². The minimum absolute atomic E-state index is 0.309. The van der Waals surface area contributed by atoms with Crippen molar-refractivity contribution in [2.75, 3.05) is 11.9 Å². The Morgan fingerprint density at radius 2 is 1.86 bits per heavy atom. The zero-order chi connectivity index (χ0) is 15.9. The first-order valence-corrected chi connectivity index (χ1v) is 7.05. The van der Waals surface area contributed by atoms with E-state index in [1.807, 2.05) is 19.1 Å². The molecular weight excluding hydrogens is 285 g/mol. The van der Waals surface area contributed by atoms with E-state index in [0.29, 0.717) is 23.8 Å². The number of para-hydroxylation sites is 2. The first kappa shape index (κ1) is 15.8. The van der Waals surface area contributed by atoms with Gasteiger partial charge in [-0.15, -0.1) is 0 Å². The molecule has 2 aromatic carbocycles. The Kier molecular flexibility index (Phi) is 5.36. The van der Waals surface area contributed by atoms with Crippen LogP contribution in [0.4, 0.5) is 10.1 Å². The lowest BCUT2D eigenvalue weighted by atomic mass is 10.2. The monoisotopic (exact) mass is 303 g/mol. The Morgan fingerprint density at radius 3 is 2.55 bits per heavy atom. The van der Waals surface area contributed by atoms with Gasteiger partial charge < -0.3 is 14.8 Å². The third-order valence-electron chi connectivity index (χ3n) is 2.94. The fraction of sp³-hybridized carbons (Fsp3) is 0.235. The number of ether oxygens (including phenoxy) is 2. The molecule has 0 aromatic heterocycles. The van der Waals surface area contributed by atoms with Gasteiger partial charge in [0.25, 0.3) is 5.91 Å². The quantitative estimate of drug-likeness (QED) is 0.886. The van der Waals surface area contributed by atoms with E-state index in [-0.39, 0.29) is 11.7 Å². The maximum absolute atomic E-state index is 12.8. The van der Waals surface area contributed by atoms with Crippen LogP contribution in [-0.4, -0.2) is 18.6 Å². The summed E-state index contributed by atoms with van der Waals surface area (Å²) < 4.78 is 23.8. The smallest absolute Gasteiger partial charge is 0.265 e. The van der Waals surface area contributed by atoms with E-state index in [1.54, 1.807) is 19.1 Å². The van der Waals surface area contributed by atoms with E-state index < -0.39 is 6.10 Å². The molecule has 0 aliphatic rings. The van der Waals surface area contributed by atoms with Crippen molar-refractivity contribution >= 4 is 11.6 Å². The molecule has 1 amide bonds. The van der Waals surface area contributed by atoms with Crippen molar-refractivity contribution in [3.05, 3.63) is 54.3 Å². The molecular formula is C17H18FNO3. The van der Waals surface area contributed by atoms with E-state index in [2.05, 4.69) is 5.32 Å². The van der Waals surface area contributed by atoms with Gasteiger partial charge >= 0.3 is 0 Å². The maximum atomic E-state index is 12.8. The summed E-state index contributed by atoms with van der Waals surface area (Å²) in [6.07, 6.45) is -0.722. The Bertz CT molecular complexity index is 628. The average Bonchev–Trinajstić information content (AvgIpc) is 2.51. The molecule has 116 valence electrons. The highest BCUT2D eigenvalue weighted by molar-refractivity contribution is 5.95. The van der Waals surface area contributed by atoms with Gasteiger partial charge in [-0.1, -0.05) is 12.1 Å². The van der Waals surface area contributed by atoms with Crippen LogP contribution in [0, 0.1) is 5.82 Å². The van der Waals surface area contributed by atoms with Crippen molar-refractivity contribution in [3.8, 4) is 11.5 Å². The lowest BCUT2D eigenvalue weighted by Crippen LogP contribution is -2.30. The van der Waals surface area contributed by atoms with Crippen LogP contribution in [0.2, 0.25) is 0 Å². The molecule has 2 aromatic rings. The van der Waals surface area contributed by atoms with Crippen molar-refractivity contribution in [2.24, 2.45) is 0 Å². The zero-order valence-electron chi connectivity index (χ0n) is 12.5. The minimum Gasteiger partial charge on any atom is -0.492 e. The summed E-state index contributed by atoms with van der Waals surface area (Å²) in [5.41, 5.74) is 0.587. The van der Waals surface area contributed by atoms with Gasteiger partial charge in [-0.05, 0) is 50.2 Å². The van der Waals surface area contributed by atoms with Crippen LogP contribution in [0.5, 0.6) is 11.5 Å².